The molecule has 0 saturated heterocycles. The van der Waals surface area contributed by atoms with Gasteiger partial charge in [-0.25, -0.2) is 15.3 Å². The molecule has 2 aromatic carbocycles. The first-order valence-corrected chi connectivity index (χ1v) is 10.1. The number of aliphatic imine (C=N–C) groups is 2. The van der Waals surface area contributed by atoms with Gasteiger partial charge in [0.25, 0.3) is 0 Å². The number of rotatable bonds is 2. The van der Waals surface area contributed by atoms with Crippen molar-refractivity contribution in [3.63, 3.8) is 0 Å². The normalized spacial score (nSPS) is 12.7. The number of fused-ring (bicyclic) bond motifs is 1. The van der Waals surface area contributed by atoms with Gasteiger partial charge in [-0.1, -0.05) is 39.7 Å². The van der Waals surface area contributed by atoms with E-state index in [1.165, 1.54) is 0 Å². The fourth-order valence-corrected chi connectivity index (χ4v) is 3.36. The smallest absolute Gasteiger partial charge is 0.323 e. The Morgan fingerprint density at radius 2 is 2.00 bits per heavy atom. The summed E-state index contributed by atoms with van der Waals surface area (Å²) in [5.74, 6) is 0.380. The number of carbonyl (C=O) groups excluding carboxylic acids is 1. The Balaban J connectivity index is 1.53. The van der Waals surface area contributed by atoms with Crippen LogP contribution in [0.5, 0.6) is 0 Å². The molecule has 0 fully saturated rings. The highest BCUT2D eigenvalue weighted by Gasteiger charge is 2.18. The van der Waals surface area contributed by atoms with Crippen LogP contribution in [0.4, 0.5) is 16.2 Å². The zero-order valence-corrected chi connectivity index (χ0v) is 17.8. The van der Waals surface area contributed by atoms with Crippen LogP contribution in [-0.2, 0) is 4.84 Å². The molecule has 1 aliphatic heterocycles. The Kier molecular flexibility index (Phi) is 6.06. The summed E-state index contributed by atoms with van der Waals surface area (Å²) in [6, 6.07) is 18.1. The summed E-state index contributed by atoms with van der Waals surface area (Å²) >= 11 is 9.41. The highest BCUT2D eigenvalue weighted by molar-refractivity contribution is 9.10. The first-order valence-electron chi connectivity index (χ1n) is 8.91. The van der Waals surface area contributed by atoms with Crippen LogP contribution in [0.3, 0.4) is 0 Å². The third kappa shape index (κ3) is 4.84. The van der Waals surface area contributed by atoms with Crippen LogP contribution >= 0.6 is 27.5 Å². The average molecular weight is 485 g/mol. The van der Waals surface area contributed by atoms with Crippen LogP contribution in [-0.4, -0.2) is 29.2 Å². The molecule has 0 aliphatic carbocycles. The number of anilines is 1. The first kappa shape index (κ1) is 20.1. The lowest BCUT2D eigenvalue weighted by molar-refractivity contribution is 0.134. The van der Waals surface area contributed by atoms with Gasteiger partial charge in [-0.15, -0.1) is 0 Å². The summed E-state index contributed by atoms with van der Waals surface area (Å²) in [4.78, 5) is 30.8. The molecule has 0 spiro atoms. The van der Waals surface area contributed by atoms with Gasteiger partial charge in [-0.3, -0.25) is 15.3 Å². The van der Waals surface area contributed by atoms with Crippen molar-refractivity contribution in [3.05, 3.63) is 87.6 Å². The Morgan fingerprint density at radius 3 is 2.80 bits per heavy atom. The molecule has 0 bridgehead atoms. The van der Waals surface area contributed by atoms with Crippen LogP contribution in [0.1, 0.15) is 11.3 Å². The number of nitrogens with zero attached hydrogens (tertiary/aromatic N) is 3. The van der Waals surface area contributed by atoms with Crippen molar-refractivity contribution < 1.29 is 9.63 Å². The van der Waals surface area contributed by atoms with Crippen LogP contribution < -0.4 is 10.8 Å². The molecule has 0 saturated carbocycles. The van der Waals surface area contributed by atoms with Gasteiger partial charge in [0.1, 0.15) is 6.54 Å². The molecular formula is C21H15BrClN5O2. The number of carbonyl (C=O) groups is 1. The van der Waals surface area contributed by atoms with E-state index >= 15 is 0 Å². The molecule has 3 aromatic rings. The maximum atomic E-state index is 12.1. The number of hydroxylamine groups is 1. The maximum Gasteiger partial charge on any atom is 0.435 e. The predicted molar refractivity (Wildman–Crippen MR) is 121 cm³/mol. The largest absolute Gasteiger partial charge is 0.435 e. The molecule has 0 unspecified atom stereocenters. The van der Waals surface area contributed by atoms with Gasteiger partial charge in [0.05, 0.1) is 17.1 Å². The average Bonchev–Trinajstić information content (AvgIpc) is 2.92. The van der Waals surface area contributed by atoms with Gasteiger partial charge in [0.15, 0.2) is 5.84 Å². The minimum atomic E-state index is -0.700. The number of amidine groups is 1. The molecule has 1 aliphatic rings. The molecule has 4 rings (SSSR count). The molecule has 0 atom stereocenters. The summed E-state index contributed by atoms with van der Waals surface area (Å²) in [5.41, 5.74) is 6.04. The van der Waals surface area contributed by atoms with Crippen molar-refractivity contribution in [1.82, 2.24) is 10.5 Å². The molecular weight excluding hydrogens is 470 g/mol. The lowest BCUT2D eigenvalue weighted by Gasteiger charge is -2.09. The first-order chi connectivity index (χ1) is 14.6. The standard InChI is InChI=1S/C21H15BrClN5O2/c22-13-7-8-17-16(10-13)20(18-6-1-2-9-24-18)25-12-19(27-17)28-30-21(29)26-15-5-3-4-14(23)11-15/h1-11H,12H2,(H,26,29)(H,27,28). The summed E-state index contributed by atoms with van der Waals surface area (Å²) in [7, 11) is 0. The van der Waals surface area contributed by atoms with E-state index in [0.29, 0.717) is 27.9 Å². The van der Waals surface area contributed by atoms with Crippen molar-refractivity contribution in [3.8, 4) is 0 Å². The van der Waals surface area contributed by atoms with E-state index in [2.05, 4.69) is 41.7 Å². The fourth-order valence-electron chi connectivity index (χ4n) is 2.81. The minimum Gasteiger partial charge on any atom is -0.323 e. The lowest BCUT2D eigenvalue weighted by Crippen LogP contribution is -2.31. The zero-order valence-electron chi connectivity index (χ0n) is 15.5. The number of halogens is 2. The number of benzene rings is 2. The Labute approximate surface area is 186 Å². The van der Waals surface area contributed by atoms with Gasteiger partial charge >= 0.3 is 6.09 Å². The lowest BCUT2D eigenvalue weighted by atomic mass is 10.0. The molecule has 150 valence electrons. The van der Waals surface area contributed by atoms with Crippen LogP contribution in [0.25, 0.3) is 0 Å². The van der Waals surface area contributed by atoms with Gasteiger partial charge in [0, 0.05) is 26.9 Å². The van der Waals surface area contributed by atoms with Gasteiger partial charge < -0.3 is 4.84 Å². The molecule has 1 aromatic heterocycles. The molecule has 2 heterocycles. The number of nitrogens with one attached hydrogen (secondary N) is 2. The summed E-state index contributed by atoms with van der Waals surface area (Å²) < 4.78 is 0.897. The van der Waals surface area contributed by atoms with Crippen molar-refractivity contribution in [1.29, 1.82) is 0 Å². The summed E-state index contributed by atoms with van der Waals surface area (Å²) in [6.07, 6.45) is 1.01. The monoisotopic (exact) mass is 483 g/mol. The Bertz CT molecular complexity index is 1150. The van der Waals surface area contributed by atoms with E-state index < -0.39 is 6.09 Å². The second-order valence-electron chi connectivity index (χ2n) is 6.23. The number of hydrogen-bond acceptors (Lipinski definition) is 6. The van der Waals surface area contributed by atoms with Crippen molar-refractivity contribution in [2.24, 2.45) is 9.98 Å². The minimum absolute atomic E-state index is 0.183. The third-order valence-electron chi connectivity index (χ3n) is 4.10. The highest BCUT2D eigenvalue weighted by Crippen LogP contribution is 2.28. The fraction of sp³-hybridized carbons (Fsp3) is 0.0476. The van der Waals surface area contributed by atoms with E-state index in [4.69, 9.17) is 16.4 Å². The SMILES string of the molecule is O=C(Nc1cccc(Cl)c1)ONC1=Nc2ccc(Br)cc2C(c2ccccn2)=NC1. The van der Waals surface area contributed by atoms with Crippen molar-refractivity contribution in [2.75, 3.05) is 11.9 Å². The van der Waals surface area contributed by atoms with E-state index in [9.17, 15) is 4.79 Å². The zero-order chi connectivity index (χ0) is 20.9. The summed E-state index contributed by atoms with van der Waals surface area (Å²) in [6.45, 7) is 0.183. The molecule has 7 nitrogen and oxygen atoms in total. The quantitative estimate of drug-likeness (QED) is 0.494. The third-order valence-corrected chi connectivity index (χ3v) is 4.82. The van der Waals surface area contributed by atoms with E-state index in [1.807, 2.05) is 36.4 Å². The topological polar surface area (TPSA) is 88.0 Å². The number of pyridine rings is 1. The highest BCUT2D eigenvalue weighted by atomic mass is 79.9. The Hall–Kier alpha value is -3.23. The van der Waals surface area contributed by atoms with Crippen LogP contribution in [0.2, 0.25) is 5.02 Å². The molecule has 30 heavy (non-hydrogen) atoms. The number of amides is 1. The van der Waals surface area contributed by atoms with Crippen LogP contribution in [0.15, 0.2) is 81.3 Å². The second-order valence-corrected chi connectivity index (χ2v) is 7.58. The number of aromatic nitrogens is 1. The van der Waals surface area contributed by atoms with E-state index in [1.54, 1.807) is 30.5 Å². The Morgan fingerprint density at radius 1 is 1.10 bits per heavy atom. The van der Waals surface area contributed by atoms with Gasteiger partial charge in [-0.05, 0) is 48.5 Å². The molecule has 2 N–H and O–H groups in total. The summed E-state index contributed by atoms with van der Waals surface area (Å²) in [5, 5.41) is 3.09. The maximum absolute atomic E-state index is 12.1. The van der Waals surface area contributed by atoms with Gasteiger partial charge in [-0.2, -0.15) is 0 Å². The molecule has 1 amide bonds. The molecule has 9 heteroatoms. The van der Waals surface area contributed by atoms with E-state index in [-0.39, 0.29) is 6.54 Å². The number of hydrogen-bond donors (Lipinski definition) is 2. The predicted octanol–water partition coefficient (Wildman–Crippen LogP) is 5.13. The van der Waals surface area contributed by atoms with Crippen LogP contribution in [0, 0.1) is 0 Å². The van der Waals surface area contributed by atoms with Crippen molar-refractivity contribution >= 4 is 56.5 Å². The second kappa shape index (κ2) is 9.06. The van der Waals surface area contributed by atoms with Gasteiger partial charge in [0.2, 0.25) is 0 Å². The molecule has 0 radical (unpaired) electrons. The van der Waals surface area contributed by atoms with Crippen molar-refractivity contribution in [2.45, 2.75) is 0 Å². The van der Waals surface area contributed by atoms with E-state index in [0.717, 1.165) is 15.7 Å².